The lowest BCUT2D eigenvalue weighted by Crippen LogP contribution is -2.40. The van der Waals surface area contributed by atoms with Crippen LogP contribution in [0.3, 0.4) is 0 Å². The number of anilines is 1. The van der Waals surface area contributed by atoms with Gasteiger partial charge in [0.1, 0.15) is 5.69 Å². The molecule has 1 aromatic rings. The minimum absolute atomic E-state index is 0.140. The van der Waals surface area contributed by atoms with Gasteiger partial charge in [-0.05, 0) is 37.8 Å². The van der Waals surface area contributed by atoms with E-state index < -0.39 is 0 Å². The van der Waals surface area contributed by atoms with Crippen LogP contribution in [0, 0.1) is 5.92 Å². The smallest absolute Gasteiger partial charge is 0.270 e. The number of aromatic nitrogens is 1. The molecule has 98 valence electrons. The van der Waals surface area contributed by atoms with Crippen LogP contribution in [0.5, 0.6) is 0 Å². The zero-order valence-corrected chi connectivity index (χ0v) is 10.6. The number of nitrogen functional groups attached to an aromatic ring is 1. The third-order valence-corrected chi connectivity index (χ3v) is 3.35. The van der Waals surface area contributed by atoms with Gasteiger partial charge in [0.05, 0.1) is 11.9 Å². The van der Waals surface area contributed by atoms with E-state index in [-0.39, 0.29) is 11.9 Å². The predicted molar refractivity (Wildman–Crippen MR) is 69.1 cm³/mol. The molecule has 5 heteroatoms. The van der Waals surface area contributed by atoms with E-state index in [4.69, 9.17) is 10.5 Å². The van der Waals surface area contributed by atoms with Gasteiger partial charge < -0.3 is 15.8 Å². The molecule has 5 nitrogen and oxygen atoms in total. The summed E-state index contributed by atoms with van der Waals surface area (Å²) in [7, 11) is 0. The second-order valence-corrected chi connectivity index (χ2v) is 4.69. The number of nitrogens with two attached hydrogens (primary N) is 1. The molecule has 0 radical (unpaired) electrons. The van der Waals surface area contributed by atoms with Crippen molar-refractivity contribution in [2.75, 3.05) is 18.9 Å². The lowest BCUT2D eigenvalue weighted by Gasteiger charge is -2.28. The molecule has 0 saturated carbocycles. The zero-order valence-electron chi connectivity index (χ0n) is 10.6. The number of rotatable bonds is 3. The van der Waals surface area contributed by atoms with Crippen molar-refractivity contribution in [2.24, 2.45) is 5.92 Å². The van der Waals surface area contributed by atoms with E-state index in [9.17, 15) is 4.79 Å². The number of nitrogens with one attached hydrogen (secondary N) is 1. The molecule has 0 aliphatic carbocycles. The normalized spacial score (nSPS) is 18.3. The maximum Gasteiger partial charge on any atom is 0.270 e. The summed E-state index contributed by atoms with van der Waals surface area (Å²) < 4.78 is 5.31. The van der Waals surface area contributed by atoms with Crippen molar-refractivity contribution in [1.29, 1.82) is 0 Å². The molecule has 1 fully saturated rings. The van der Waals surface area contributed by atoms with E-state index in [1.165, 1.54) is 6.20 Å². The Bertz CT molecular complexity index is 399. The van der Waals surface area contributed by atoms with Crippen LogP contribution >= 0.6 is 0 Å². The fourth-order valence-corrected chi connectivity index (χ4v) is 2.15. The van der Waals surface area contributed by atoms with Crippen LogP contribution in [-0.2, 0) is 4.74 Å². The number of nitrogens with zero attached hydrogens (tertiary/aromatic N) is 1. The molecule has 18 heavy (non-hydrogen) atoms. The molecule has 0 aromatic carbocycles. The first-order chi connectivity index (χ1) is 8.66. The summed E-state index contributed by atoms with van der Waals surface area (Å²) in [5.74, 6) is 0.338. The molecule has 1 aliphatic heterocycles. The van der Waals surface area contributed by atoms with Gasteiger partial charge in [0.2, 0.25) is 0 Å². The maximum absolute atomic E-state index is 12.0. The van der Waals surface area contributed by atoms with Gasteiger partial charge in [-0.15, -0.1) is 0 Å². The van der Waals surface area contributed by atoms with Gasteiger partial charge in [0, 0.05) is 19.3 Å². The van der Waals surface area contributed by atoms with Crippen molar-refractivity contribution in [1.82, 2.24) is 10.3 Å². The van der Waals surface area contributed by atoms with Crippen molar-refractivity contribution in [3.63, 3.8) is 0 Å². The largest absolute Gasteiger partial charge is 0.397 e. The summed E-state index contributed by atoms with van der Waals surface area (Å²) in [5, 5.41) is 2.99. The first kappa shape index (κ1) is 12.8. The number of ether oxygens (including phenoxy) is 1. The van der Waals surface area contributed by atoms with Gasteiger partial charge in [-0.1, -0.05) is 0 Å². The van der Waals surface area contributed by atoms with E-state index >= 15 is 0 Å². The molecule has 1 amide bonds. The zero-order chi connectivity index (χ0) is 13.0. The highest BCUT2D eigenvalue weighted by molar-refractivity contribution is 5.92. The number of hydrogen-bond donors (Lipinski definition) is 2. The third kappa shape index (κ3) is 3.20. The maximum atomic E-state index is 12.0. The Morgan fingerprint density at radius 3 is 2.83 bits per heavy atom. The summed E-state index contributed by atoms with van der Waals surface area (Å²) in [5.41, 5.74) is 6.50. The lowest BCUT2D eigenvalue weighted by molar-refractivity contribution is 0.0537. The Kier molecular flexibility index (Phi) is 4.15. The highest BCUT2D eigenvalue weighted by Crippen LogP contribution is 2.18. The summed E-state index contributed by atoms with van der Waals surface area (Å²) in [4.78, 5) is 16.0. The van der Waals surface area contributed by atoms with Crippen molar-refractivity contribution in [3.05, 3.63) is 24.0 Å². The summed E-state index contributed by atoms with van der Waals surface area (Å²) in [6.07, 6.45) is 3.49. The van der Waals surface area contributed by atoms with E-state index in [0.717, 1.165) is 26.1 Å². The quantitative estimate of drug-likeness (QED) is 0.844. The van der Waals surface area contributed by atoms with Crippen molar-refractivity contribution < 1.29 is 9.53 Å². The highest BCUT2D eigenvalue weighted by Gasteiger charge is 2.22. The standard InChI is InChI=1S/C13H19N3O2/c1-9(10-4-6-18-7-5-10)16-13(17)12-3-2-11(14)8-15-12/h2-3,8-10H,4-7,14H2,1H3,(H,16,17). The predicted octanol–water partition coefficient (Wildman–Crippen LogP) is 1.21. The molecule has 0 bridgehead atoms. The van der Waals surface area contributed by atoms with Crippen LogP contribution in [-0.4, -0.2) is 30.1 Å². The summed E-state index contributed by atoms with van der Waals surface area (Å²) in [6, 6.07) is 3.46. The van der Waals surface area contributed by atoms with Crippen LogP contribution in [0.4, 0.5) is 5.69 Å². The van der Waals surface area contributed by atoms with Gasteiger partial charge in [0.15, 0.2) is 0 Å². The fraction of sp³-hybridized carbons (Fsp3) is 0.538. The topological polar surface area (TPSA) is 77.2 Å². The average Bonchev–Trinajstić information content (AvgIpc) is 2.40. The van der Waals surface area contributed by atoms with E-state index in [1.807, 2.05) is 6.92 Å². The molecule has 2 rings (SSSR count). The molecular weight excluding hydrogens is 230 g/mol. The Labute approximate surface area is 107 Å². The van der Waals surface area contributed by atoms with E-state index in [0.29, 0.717) is 17.3 Å². The average molecular weight is 249 g/mol. The lowest BCUT2D eigenvalue weighted by atomic mass is 9.93. The van der Waals surface area contributed by atoms with Gasteiger partial charge in [0.25, 0.3) is 5.91 Å². The van der Waals surface area contributed by atoms with Crippen molar-refractivity contribution in [3.8, 4) is 0 Å². The van der Waals surface area contributed by atoms with Gasteiger partial charge in [-0.3, -0.25) is 4.79 Å². The summed E-state index contributed by atoms with van der Waals surface area (Å²) >= 11 is 0. The number of amides is 1. The second kappa shape index (κ2) is 5.82. The van der Waals surface area contributed by atoms with Gasteiger partial charge >= 0.3 is 0 Å². The Morgan fingerprint density at radius 2 is 2.22 bits per heavy atom. The second-order valence-electron chi connectivity index (χ2n) is 4.69. The van der Waals surface area contributed by atoms with Crippen molar-refractivity contribution in [2.45, 2.75) is 25.8 Å². The number of carbonyl (C=O) groups excluding carboxylic acids is 1. The van der Waals surface area contributed by atoms with Gasteiger partial charge in [-0.2, -0.15) is 0 Å². The first-order valence-corrected chi connectivity index (χ1v) is 6.27. The molecule has 1 aliphatic rings. The molecule has 1 aromatic heterocycles. The fourth-order valence-electron chi connectivity index (χ4n) is 2.15. The SMILES string of the molecule is CC(NC(=O)c1ccc(N)cn1)C1CCOCC1. The minimum Gasteiger partial charge on any atom is -0.397 e. The van der Waals surface area contributed by atoms with Gasteiger partial charge in [-0.25, -0.2) is 4.98 Å². The first-order valence-electron chi connectivity index (χ1n) is 6.27. The van der Waals surface area contributed by atoms with Crippen LogP contribution < -0.4 is 11.1 Å². The molecule has 1 unspecified atom stereocenters. The van der Waals surface area contributed by atoms with Crippen molar-refractivity contribution >= 4 is 11.6 Å². The molecule has 3 N–H and O–H groups in total. The molecule has 2 heterocycles. The van der Waals surface area contributed by atoms with Crippen LogP contribution in [0.15, 0.2) is 18.3 Å². The Hall–Kier alpha value is -1.62. The summed E-state index contributed by atoms with van der Waals surface area (Å²) in [6.45, 7) is 3.60. The molecular formula is C13H19N3O2. The number of carbonyl (C=O) groups is 1. The van der Waals surface area contributed by atoms with Crippen LogP contribution in [0.2, 0.25) is 0 Å². The minimum atomic E-state index is -0.144. The van der Waals surface area contributed by atoms with Crippen LogP contribution in [0.1, 0.15) is 30.3 Å². The molecule has 0 spiro atoms. The third-order valence-electron chi connectivity index (χ3n) is 3.35. The molecule has 1 atom stereocenters. The Morgan fingerprint density at radius 1 is 1.50 bits per heavy atom. The monoisotopic (exact) mass is 249 g/mol. The van der Waals surface area contributed by atoms with Crippen LogP contribution in [0.25, 0.3) is 0 Å². The Balaban J connectivity index is 1.91. The van der Waals surface area contributed by atoms with E-state index in [1.54, 1.807) is 12.1 Å². The number of pyridine rings is 1. The number of hydrogen-bond acceptors (Lipinski definition) is 4. The highest BCUT2D eigenvalue weighted by atomic mass is 16.5. The molecule has 1 saturated heterocycles. The van der Waals surface area contributed by atoms with E-state index in [2.05, 4.69) is 10.3 Å².